The predicted molar refractivity (Wildman–Crippen MR) is 148 cm³/mol. The summed E-state index contributed by atoms with van der Waals surface area (Å²) in [5.74, 6) is -9.98. The van der Waals surface area contributed by atoms with Crippen molar-refractivity contribution in [2.45, 2.75) is 62.8 Å². The maximum Gasteiger partial charge on any atom is 0.290 e. The number of hydrogen-bond acceptors (Lipinski definition) is 5. The standard InChI is InChI=1S/C31H25F8N5O2/c32-16-9-15(10-17(33)12-16)11-22(26-19(4-2-8-40-26)18-3-1-5-21-20(18)13-23(45)41-21)42-24(46)14-44-28-25(27(43-44)29(34)35)30(36,37)6-7-31(28,38)39/h1-5,8-10,12,22,24,29,42,46H,6-7,11,13-14H2,(H,41,45)/t22-,24?/m0/s1. The number of aliphatic hydroxyl groups is 1. The molecule has 15 heteroatoms. The SMILES string of the molecule is O=C1Cc2c(cccc2-c2cccnc2[C@H](Cc2cc(F)cc(F)c2)NC(O)Cn2nc(C(F)F)c3c2C(F)(F)CCC3(F)F)N1. The second-order valence-corrected chi connectivity index (χ2v) is 11.2. The summed E-state index contributed by atoms with van der Waals surface area (Å²) in [6, 6.07) is 9.99. The van der Waals surface area contributed by atoms with E-state index in [1.165, 1.54) is 6.20 Å². The number of aromatic nitrogens is 3. The zero-order valence-corrected chi connectivity index (χ0v) is 23.7. The van der Waals surface area contributed by atoms with Crippen LogP contribution in [0.2, 0.25) is 0 Å². The van der Waals surface area contributed by atoms with E-state index in [0.717, 1.165) is 12.1 Å². The third kappa shape index (κ3) is 5.96. The molecule has 242 valence electrons. The lowest BCUT2D eigenvalue weighted by molar-refractivity contribution is -0.115. The van der Waals surface area contributed by atoms with Gasteiger partial charge in [0.25, 0.3) is 18.3 Å². The van der Waals surface area contributed by atoms with Crippen LogP contribution in [-0.4, -0.2) is 32.0 Å². The zero-order chi connectivity index (χ0) is 33.0. The van der Waals surface area contributed by atoms with Crippen LogP contribution in [0, 0.1) is 11.6 Å². The van der Waals surface area contributed by atoms with Crippen LogP contribution in [0.15, 0.2) is 54.7 Å². The molecule has 6 rings (SSSR count). The van der Waals surface area contributed by atoms with E-state index in [2.05, 4.69) is 20.7 Å². The molecular weight excluding hydrogens is 626 g/mol. The highest BCUT2D eigenvalue weighted by molar-refractivity contribution is 6.02. The first-order valence-corrected chi connectivity index (χ1v) is 14.1. The zero-order valence-electron chi connectivity index (χ0n) is 23.7. The highest BCUT2D eigenvalue weighted by atomic mass is 19.3. The second kappa shape index (κ2) is 11.8. The molecule has 3 heterocycles. The molecule has 7 nitrogen and oxygen atoms in total. The van der Waals surface area contributed by atoms with Crippen LogP contribution < -0.4 is 10.6 Å². The summed E-state index contributed by atoms with van der Waals surface area (Å²) < 4.78 is 115. The predicted octanol–water partition coefficient (Wildman–Crippen LogP) is 6.52. The summed E-state index contributed by atoms with van der Waals surface area (Å²) in [7, 11) is 0. The quantitative estimate of drug-likeness (QED) is 0.142. The number of rotatable bonds is 9. The molecule has 0 bridgehead atoms. The molecule has 0 radical (unpaired) electrons. The molecule has 0 saturated carbocycles. The molecule has 1 aliphatic heterocycles. The summed E-state index contributed by atoms with van der Waals surface area (Å²) in [6.07, 6.45) is -6.95. The number of halogens is 8. The molecule has 1 amide bonds. The first kappa shape index (κ1) is 31.6. The fraction of sp³-hybridized carbons (Fsp3) is 0.323. The summed E-state index contributed by atoms with van der Waals surface area (Å²) in [5.41, 5.74) is -1.93. The van der Waals surface area contributed by atoms with Crippen molar-refractivity contribution in [3.05, 3.63) is 100 Å². The van der Waals surface area contributed by atoms with E-state index in [-0.39, 0.29) is 34.7 Å². The van der Waals surface area contributed by atoms with Crippen molar-refractivity contribution < 1.29 is 45.0 Å². The molecule has 2 atom stereocenters. The van der Waals surface area contributed by atoms with Gasteiger partial charge in [-0.1, -0.05) is 18.2 Å². The number of carbonyl (C=O) groups is 1. The molecule has 2 aliphatic rings. The number of hydrogen-bond donors (Lipinski definition) is 3. The van der Waals surface area contributed by atoms with Crippen LogP contribution in [0.25, 0.3) is 11.1 Å². The van der Waals surface area contributed by atoms with Gasteiger partial charge < -0.3 is 10.4 Å². The van der Waals surface area contributed by atoms with Crippen molar-refractivity contribution in [3.63, 3.8) is 0 Å². The van der Waals surface area contributed by atoms with Gasteiger partial charge in [0.15, 0.2) is 0 Å². The van der Waals surface area contributed by atoms with E-state index < -0.39 is 78.5 Å². The average molecular weight is 652 g/mol. The van der Waals surface area contributed by atoms with Crippen LogP contribution >= 0.6 is 0 Å². The molecule has 1 unspecified atom stereocenters. The molecule has 1 aliphatic carbocycles. The van der Waals surface area contributed by atoms with Crippen LogP contribution in [0.5, 0.6) is 0 Å². The van der Waals surface area contributed by atoms with Gasteiger partial charge in [-0.05, 0) is 47.4 Å². The Morgan fingerprint density at radius 1 is 0.957 bits per heavy atom. The third-order valence-electron chi connectivity index (χ3n) is 8.00. The highest BCUT2D eigenvalue weighted by Gasteiger charge is 2.55. The number of aliphatic hydroxyl groups excluding tert-OH is 1. The fourth-order valence-electron chi connectivity index (χ4n) is 6.13. The summed E-state index contributed by atoms with van der Waals surface area (Å²) >= 11 is 0. The maximum atomic E-state index is 14.9. The third-order valence-corrected chi connectivity index (χ3v) is 8.00. The number of carbonyl (C=O) groups excluding carboxylic acids is 1. The lowest BCUT2D eigenvalue weighted by atomic mass is 9.89. The number of pyridine rings is 1. The Balaban J connectivity index is 1.40. The smallest absolute Gasteiger partial charge is 0.290 e. The largest absolute Gasteiger partial charge is 0.377 e. The van der Waals surface area contributed by atoms with Crippen LogP contribution in [0.4, 0.5) is 40.8 Å². The molecule has 2 aromatic carbocycles. The van der Waals surface area contributed by atoms with Gasteiger partial charge in [-0.3, -0.25) is 19.8 Å². The van der Waals surface area contributed by atoms with E-state index in [0.29, 0.717) is 28.4 Å². The summed E-state index contributed by atoms with van der Waals surface area (Å²) in [6.45, 7) is -0.962. The Bertz CT molecular complexity index is 1790. The number of anilines is 1. The molecule has 2 aromatic heterocycles. The average Bonchev–Trinajstić information content (AvgIpc) is 3.56. The van der Waals surface area contributed by atoms with Crippen molar-refractivity contribution in [1.29, 1.82) is 0 Å². The molecule has 3 N–H and O–H groups in total. The van der Waals surface area contributed by atoms with Crippen molar-refractivity contribution >= 4 is 11.6 Å². The lowest BCUT2D eigenvalue weighted by Crippen LogP contribution is -2.40. The first-order chi connectivity index (χ1) is 21.7. The second-order valence-electron chi connectivity index (χ2n) is 11.2. The topological polar surface area (TPSA) is 92.1 Å². The Labute approximate surface area is 256 Å². The minimum absolute atomic E-state index is 0.0470. The lowest BCUT2D eigenvalue weighted by Gasteiger charge is -2.30. The minimum Gasteiger partial charge on any atom is -0.377 e. The summed E-state index contributed by atoms with van der Waals surface area (Å²) in [4.78, 5) is 16.6. The van der Waals surface area contributed by atoms with Gasteiger partial charge in [0.05, 0.1) is 30.3 Å². The maximum absolute atomic E-state index is 14.9. The number of fused-ring (bicyclic) bond motifs is 2. The van der Waals surface area contributed by atoms with Crippen LogP contribution in [-0.2, 0) is 36.0 Å². The Morgan fingerprint density at radius 3 is 2.37 bits per heavy atom. The number of benzene rings is 2. The first-order valence-electron chi connectivity index (χ1n) is 14.1. The van der Waals surface area contributed by atoms with E-state index in [4.69, 9.17) is 0 Å². The Hall–Kier alpha value is -4.37. The summed E-state index contributed by atoms with van der Waals surface area (Å²) in [5, 5.41) is 19.9. The van der Waals surface area contributed by atoms with Crippen LogP contribution in [0.1, 0.15) is 59.1 Å². The van der Waals surface area contributed by atoms with Crippen molar-refractivity contribution in [3.8, 4) is 11.1 Å². The van der Waals surface area contributed by atoms with Gasteiger partial charge in [0.1, 0.15) is 29.3 Å². The van der Waals surface area contributed by atoms with E-state index in [1.807, 2.05) is 0 Å². The number of alkyl halides is 6. The van der Waals surface area contributed by atoms with E-state index in [9.17, 15) is 45.0 Å². The monoisotopic (exact) mass is 651 g/mol. The van der Waals surface area contributed by atoms with Crippen molar-refractivity contribution in [1.82, 2.24) is 20.1 Å². The van der Waals surface area contributed by atoms with Crippen molar-refractivity contribution in [2.24, 2.45) is 0 Å². The number of amides is 1. The van der Waals surface area contributed by atoms with Gasteiger partial charge in [0.2, 0.25) is 5.91 Å². The van der Waals surface area contributed by atoms with Gasteiger partial charge in [0, 0.05) is 36.4 Å². The molecule has 0 saturated heterocycles. The highest BCUT2D eigenvalue weighted by Crippen LogP contribution is 2.52. The van der Waals surface area contributed by atoms with Gasteiger partial charge >= 0.3 is 0 Å². The minimum atomic E-state index is -4.00. The molecule has 4 aromatic rings. The molecular formula is C31H25F8N5O2. The Kier molecular flexibility index (Phi) is 8.09. The molecule has 0 fully saturated rings. The number of nitrogens with zero attached hydrogens (tertiary/aromatic N) is 3. The normalized spacial score (nSPS) is 17.8. The Morgan fingerprint density at radius 2 is 1.65 bits per heavy atom. The van der Waals surface area contributed by atoms with Crippen LogP contribution in [0.3, 0.4) is 0 Å². The van der Waals surface area contributed by atoms with Gasteiger partial charge in [-0.25, -0.2) is 26.3 Å². The molecule has 46 heavy (non-hydrogen) atoms. The fourth-order valence-corrected chi connectivity index (χ4v) is 6.13. The number of nitrogens with one attached hydrogen (secondary N) is 2. The van der Waals surface area contributed by atoms with E-state index in [1.54, 1.807) is 30.3 Å². The molecule has 0 spiro atoms. The van der Waals surface area contributed by atoms with Gasteiger partial charge in [-0.2, -0.15) is 13.9 Å². The van der Waals surface area contributed by atoms with Gasteiger partial charge in [-0.15, -0.1) is 0 Å². The van der Waals surface area contributed by atoms with E-state index >= 15 is 0 Å². The van der Waals surface area contributed by atoms with Crippen molar-refractivity contribution in [2.75, 3.05) is 5.32 Å².